The van der Waals surface area contributed by atoms with Crippen LogP contribution in [0, 0.1) is 5.82 Å². The van der Waals surface area contributed by atoms with E-state index in [1.165, 1.54) is 24.3 Å². The molecule has 1 fully saturated rings. The fourth-order valence-corrected chi connectivity index (χ4v) is 4.69. The molecule has 0 spiro atoms. The van der Waals surface area contributed by atoms with Crippen LogP contribution >= 0.6 is 35.0 Å². The van der Waals surface area contributed by atoms with Gasteiger partial charge in [0, 0.05) is 21.3 Å². The molecule has 11 heteroatoms. The predicted molar refractivity (Wildman–Crippen MR) is 146 cm³/mol. The minimum Gasteiger partial charge on any atom is -0.490 e. The zero-order valence-corrected chi connectivity index (χ0v) is 22.3. The van der Waals surface area contributed by atoms with Crippen LogP contribution in [0.15, 0.2) is 65.6 Å². The molecule has 0 atom stereocenters. The van der Waals surface area contributed by atoms with Crippen molar-refractivity contribution in [2.45, 2.75) is 13.5 Å². The number of carbonyl (C=O) groups is 3. The molecule has 3 aromatic rings. The Morgan fingerprint density at radius 1 is 1.05 bits per heavy atom. The van der Waals surface area contributed by atoms with E-state index >= 15 is 0 Å². The molecule has 3 aromatic carbocycles. The summed E-state index contributed by atoms with van der Waals surface area (Å²) in [5, 5.41) is 2.86. The van der Waals surface area contributed by atoms with Gasteiger partial charge in [-0.2, -0.15) is 0 Å². The van der Waals surface area contributed by atoms with Gasteiger partial charge in [0.15, 0.2) is 18.1 Å². The summed E-state index contributed by atoms with van der Waals surface area (Å²) >= 11 is 12.7. The molecule has 0 aliphatic carbocycles. The van der Waals surface area contributed by atoms with Crippen molar-refractivity contribution in [3.8, 4) is 11.5 Å². The Morgan fingerprint density at radius 2 is 1.82 bits per heavy atom. The minimum absolute atomic E-state index is 0.0675. The van der Waals surface area contributed by atoms with Gasteiger partial charge in [-0.1, -0.05) is 35.3 Å². The van der Waals surface area contributed by atoms with Crippen molar-refractivity contribution in [2.24, 2.45) is 0 Å². The summed E-state index contributed by atoms with van der Waals surface area (Å²) < 4.78 is 25.5. The fourth-order valence-electron chi connectivity index (χ4n) is 3.50. The summed E-state index contributed by atoms with van der Waals surface area (Å²) in [5.74, 6) is -0.839. The number of benzene rings is 3. The summed E-state index contributed by atoms with van der Waals surface area (Å²) in [6.45, 7) is 1.59. The number of hydrogen-bond donors (Lipinski definition) is 1. The first-order valence-corrected chi connectivity index (χ1v) is 13.0. The summed E-state index contributed by atoms with van der Waals surface area (Å²) in [6.07, 6.45) is 1.54. The lowest BCUT2D eigenvalue weighted by Crippen LogP contribution is -2.28. The molecule has 3 amide bonds. The van der Waals surface area contributed by atoms with E-state index in [9.17, 15) is 18.8 Å². The number of imide groups is 1. The normalized spacial score (nSPS) is 14.2. The van der Waals surface area contributed by atoms with Gasteiger partial charge in [0.05, 0.1) is 18.1 Å². The third-order valence-electron chi connectivity index (χ3n) is 5.30. The summed E-state index contributed by atoms with van der Waals surface area (Å²) in [4.78, 5) is 38.8. The number of hydrogen-bond acceptors (Lipinski definition) is 6. The summed E-state index contributed by atoms with van der Waals surface area (Å²) in [6, 6.07) is 15.7. The average Bonchev–Trinajstić information content (AvgIpc) is 3.14. The smallest absolute Gasteiger partial charge is 0.293 e. The molecule has 0 aromatic heterocycles. The van der Waals surface area contributed by atoms with Gasteiger partial charge in [-0.3, -0.25) is 19.3 Å². The van der Waals surface area contributed by atoms with E-state index in [4.69, 9.17) is 32.7 Å². The van der Waals surface area contributed by atoms with Crippen LogP contribution in [0.4, 0.5) is 14.9 Å². The van der Waals surface area contributed by atoms with Gasteiger partial charge in [0.25, 0.3) is 17.1 Å². The van der Waals surface area contributed by atoms with Crippen LogP contribution in [-0.4, -0.2) is 35.2 Å². The number of carbonyl (C=O) groups excluding carboxylic acids is 3. The standard InChI is InChI=1S/C27H21Cl2FN2O5S/c1-2-36-23-12-16(6-11-22(23)37-15-25(33)31-18-9-7-17(28)8-10-18)13-24-26(34)32(27(35)38-24)14-19-20(29)4-3-5-21(19)30/h3-13H,2,14-15H2,1H3,(H,31,33)/b24-13-. The molecule has 1 N–H and O–H groups in total. The Labute approximate surface area is 232 Å². The molecule has 1 aliphatic rings. The first kappa shape index (κ1) is 27.5. The number of nitrogens with one attached hydrogen (secondary N) is 1. The van der Waals surface area contributed by atoms with Gasteiger partial charge in [-0.15, -0.1) is 0 Å². The van der Waals surface area contributed by atoms with Gasteiger partial charge < -0.3 is 14.8 Å². The lowest BCUT2D eigenvalue weighted by atomic mass is 10.1. The summed E-state index contributed by atoms with van der Waals surface area (Å²) in [7, 11) is 0. The highest BCUT2D eigenvalue weighted by Gasteiger charge is 2.36. The van der Waals surface area contributed by atoms with Gasteiger partial charge in [0.1, 0.15) is 5.82 Å². The Balaban J connectivity index is 1.46. The predicted octanol–water partition coefficient (Wildman–Crippen LogP) is 6.79. The van der Waals surface area contributed by atoms with Gasteiger partial charge in [-0.25, -0.2) is 4.39 Å². The lowest BCUT2D eigenvalue weighted by molar-refractivity contribution is -0.123. The Hall–Kier alpha value is -3.53. The third-order valence-corrected chi connectivity index (χ3v) is 6.82. The van der Waals surface area contributed by atoms with Crippen molar-refractivity contribution < 1.29 is 28.2 Å². The second-order valence-corrected chi connectivity index (χ2v) is 9.79. The van der Waals surface area contributed by atoms with E-state index in [0.717, 1.165) is 16.7 Å². The van der Waals surface area contributed by atoms with Crippen molar-refractivity contribution in [1.82, 2.24) is 4.90 Å². The Kier molecular flexibility index (Phi) is 8.93. The zero-order chi connectivity index (χ0) is 27.2. The molecule has 0 unspecified atom stereocenters. The van der Waals surface area contributed by atoms with Crippen molar-refractivity contribution in [3.05, 3.63) is 92.6 Å². The second-order valence-electron chi connectivity index (χ2n) is 7.95. The molecular weight excluding hydrogens is 554 g/mol. The number of rotatable bonds is 9. The third kappa shape index (κ3) is 6.66. The number of halogens is 3. The van der Waals surface area contributed by atoms with Crippen LogP contribution in [-0.2, 0) is 16.1 Å². The maximum Gasteiger partial charge on any atom is 0.293 e. The number of ether oxygens (including phenoxy) is 2. The molecule has 0 radical (unpaired) electrons. The van der Waals surface area contributed by atoms with Gasteiger partial charge >= 0.3 is 0 Å². The van der Waals surface area contributed by atoms with Crippen molar-refractivity contribution in [3.63, 3.8) is 0 Å². The zero-order valence-electron chi connectivity index (χ0n) is 20.0. The Bertz CT molecular complexity index is 1390. The molecule has 38 heavy (non-hydrogen) atoms. The molecule has 1 heterocycles. The lowest BCUT2D eigenvalue weighted by Gasteiger charge is -2.14. The van der Waals surface area contributed by atoms with Crippen molar-refractivity contribution in [1.29, 1.82) is 0 Å². The largest absolute Gasteiger partial charge is 0.490 e. The fraction of sp³-hybridized carbons (Fsp3) is 0.148. The van der Waals surface area contributed by atoms with E-state index in [1.807, 2.05) is 0 Å². The molecule has 0 saturated carbocycles. The number of thioether (sulfide) groups is 1. The highest BCUT2D eigenvalue weighted by molar-refractivity contribution is 8.18. The quantitative estimate of drug-likeness (QED) is 0.283. The number of anilines is 1. The molecule has 0 bridgehead atoms. The molecule has 1 aliphatic heterocycles. The number of amides is 3. The van der Waals surface area contributed by atoms with Gasteiger partial charge in [-0.05, 0) is 78.9 Å². The maximum atomic E-state index is 14.2. The Morgan fingerprint density at radius 3 is 2.53 bits per heavy atom. The molecular formula is C27H21Cl2FN2O5S. The van der Waals surface area contributed by atoms with E-state index in [-0.39, 0.29) is 34.6 Å². The first-order chi connectivity index (χ1) is 18.2. The van der Waals surface area contributed by atoms with Crippen molar-refractivity contribution in [2.75, 3.05) is 18.5 Å². The number of nitrogens with zero attached hydrogens (tertiary/aromatic N) is 1. The van der Waals surface area contributed by atoms with Crippen molar-refractivity contribution >= 4 is 63.8 Å². The molecule has 1 saturated heterocycles. The van der Waals surface area contributed by atoms with E-state index in [0.29, 0.717) is 34.4 Å². The van der Waals surface area contributed by atoms with E-state index in [1.54, 1.807) is 49.4 Å². The van der Waals surface area contributed by atoms with Crippen LogP contribution in [0.3, 0.4) is 0 Å². The van der Waals surface area contributed by atoms with Crippen LogP contribution in [0.25, 0.3) is 6.08 Å². The minimum atomic E-state index is -0.598. The SMILES string of the molecule is CCOc1cc(/C=C2\SC(=O)N(Cc3c(F)cccc3Cl)C2=O)ccc1OCC(=O)Nc1ccc(Cl)cc1. The first-order valence-electron chi connectivity index (χ1n) is 11.4. The molecule has 7 nitrogen and oxygen atoms in total. The summed E-state index contributed by atoms with van der Waals surface area (Å²) in [5.41, 5.74) is 1.22. The molecule has 196 valence electrons. The maximum absolute atomic E-state index is 14.2. The second kappa shape index (κ2) is 12.3. The highest BCUT2D eigenvalue weighted by Crippen LogP contribution is 2.36. The van der Waals surface area contributed by atoms with E-state index < -0.39 is 17.0 Å². The van der Waals surface area contributed by atoms with Gasteiger partial charge in [0.2, 0.25) is 0 Å². The van der Waals surface area contributed by atoms with E-state index in [2.05, 4.69) is 5.32 Å². The highest BCUT2D eigenvalue weighted by atomic mass is 35.5. The van der Waals surface area contributed by atoms with Crippen LogP contribution < -0.4 is 14.8 Å². The van der Waals surface area contributed by atoms with Crippen LogP contribution in [0.1, 0.15) is 18.1 Å². The van der Waals surface area contributed by atoms with Crippen LogP contribution in [0.2, 0.25) is 10.0 Å². The molecule has 4 rings (SSSR count). The monoisotopic (exact) mass is 574 g/mol. The average molecular weight is 575 g/mol. The van der Waals surface area contributed by atoms with Crippen LogP contribution in [0.5, 0.6) is 11.5 Å². The topological polar surface area (TPSA) is 84.9 Å².